The predicted octanol–water partition coefficient (Wildman–Crippen LogP) is -0.244. The van der Waals surface area contributed by atoms with Gasteiger partial charge in [0.2, 0.25) is 10.5 Å². The first kappa shape index (κ1) is 8.52. The summed E-state index contributed by atoms with van der Waals surface area (Å²) in [4.78, 5) is 11.0. The molecule has 0 aromatic carbocycles. The molecule has 0 spiro atoms. The minimum absolute atomic E-state index is 0.197. The molecule has 0 aromatic rings. The van der Waals surface area contributed by atoms with Crippen molar-refractivity contribution >= 4 is 33.5 Å². The van der Waals surface area contributed by atoms with Crippen molar-refractivity contribution < 1.29 is 9.22 Å². The van der Waals surface area contributed by atoms with E-state index in [1.54, 1.807) is 0 Å². The van der Waals surface area contributed by atoms with Crippen LogP contribution in [-0.4, -0.2) is 21.3 Å². The number of hydrogen-bond donors (Lipinski definition) is 0. The maximum atomic E-state index is 10.5. The van der Waals surface area contributed by atoms with Gasteiger partial charge in [0.25, 0.3) is 5.97 Å². The normalized spacial score (nSPS) is 8.44. The first-order chi connectivity index (χ1) is 4.20. The van der Waals surface area contributed by atoms with Crippen LogP contribution >= 0.6 is 12.2 Å². The largest absolute Gasteiger partial charge is 0.528 e. The number of carbonyl (C=O) groups excluding carboxylic acids is 1. The summed E-state index contributed by atoms with van der Waals surface area (Å²) in [6.07, 6.45) is 1.68. The molecule has 0 aliphatic heterocycles. The Kier molecular flexibility index (Phi) is 4.16. The number of carbonyl (C=O) groups is 1. The second kappa shape index (κ2) is 4.40. The lowest BCUT2D eigenvalue weighted by atomic mass is 10.3. The lowest BCUT2D eigenvalue weighted by molar-refractivity contribution is -0.132. The fourth-order valence-electron chi connectivity index (χ4n) is 0.287. The van der Waals surface area contributed by atoms with Crippen molar-refractivity contribution in [1.29, 1.82) is 0 Å². The van der Waals surface area contributed by atoms with Gasteiger partial charge in [0.1, 0.15) is 0 Å². The summed E-state index contributed by atoms with van der Waals surface area (Å²) < 4.78 is 4.49. The van der Waals surface area contributed by atoms with E-state index in [4.69, 9.17) is 12.2 Å². The van der Waals surface area contributed by atoms with E-state index in [-0.39, 0.29) is 12.4 Å². The van der Waals surface area contributed by atoms with Crippen LogP contribution < -0.4 is 0 Å². The quantitative estimate of drug-likeness (QED) is 0.324. The van der Waals surface area contributed by atoms with Gasteiger partial charge in [-0.05, 0) is 0 Å². The van der Waals surface area contributed by atoms with E-state index in [1.165, 1.54) is 6.08 Å². The molecule has 0 unspecified atom stereocenters. The molecular formula is C5H8O2SSi. The molecule has 0 saturated carbocycles. The van der Waals surface area contributed by atoms with Crippen molar-refractivity contribution in [2.45, 2.75) is 6.42 Å². The summed E-state index contributed by atoms with van der Waals surface area (Å²) >= 11 is 4.69. The average Bonchev–Trinajstić information content (AvgIpc) is 1.87. The van der Waals surface area contributed by atoms with Gasteiger partial charge in [0, 0.05) is 4.86 Å². The van der Waals surface area contributed by atoms with Gasteiger partial charge in [-0.25, -0.2) is 0 Å². The molecule has 0 aliphatic carbocycles. The molecule has 4 heteroatoms. The molecule has 0 rings (SSSR count). The molecule has 0 heterocycles. The number of thiocarbonyl (C=S) groups is 1. The molecule has 9 heavy (non-hydrogen) atoms. The summed E-state index contributed by atoms with van der Waals surface area (Å²) in [6, 6.07) is 0. The van der Waals surface area contributed by atoms with Crippen LogP contribution in [0.1, 0.15) is 6.42 Å². The van der Waals surface area contributed by atoms with Crippen molar-refractivity contribution in [2.75, 3.05) is 0 Å². The second-order valence-corrected chi connectivity index (χ2v) is 2.36. The zero-order valence-electron chi connectivity index (χ0n) is 5.22. The maximum absolute atomic E-state index is 10.5. The van der Waals surface area contributed by atoms with Crippen molar-refractivity contribution in [2.24, 2.45) is 0 Å². The Hall–Kier alpha value is -0.483. The van der Waals surface area contributed by atoms with Crippen LogP contribution in [0.5, 0.6) is 0 Å². The SMILES string of the molecule is C=CC(=S)CC(=O)O[SiH3]. The molecule has 0 bridgehead atoms. The van der Waals surface area contributed by atoms with Gasteiger partial charge in [-0.2, -0.15) is 0 Å². The average molecular weight is 160 g/mol. The summed E-state index contributed by atoms with van der Waals surface area (Å²) in [5.41, 5.74) is 0. The highest BCUT2D eigenvalue weighted by Crippen LogP contribution is 1.89. The molecule has 2 nitrogen and oxygen atoms in total. The van der Waals surface area contributed by atoms with Crippen molar-refractivity contribution in [3.8, 4) is 0 Å². The summed E-state index contributed by atoms with van der Waals surface area (Å²) in [7, 11) is 0.437. The molecule has 50 valence electrons. The van der Waals surface area contributed by atoms with Crippen molar-refractivity contribution in [3.05, 3.63) is 12.7 Å². The fraction of sp³-hybridized carbons (Fsp3) is 0.200. The number of hydrogen-bond acceptors (Lipinski definition) is 3. The lowest BCUT2D eigenvalue weighted by Gasteiger charge is -1.95. The third kappa shape index (κ3) is 4.05. The van der Waals surface area contributed by atoms with Crippen molar-refractivity contribution in [3.63, 3.8) is 0 Å². The minimum Gasteiger partial charge on any atom is -0.528 e. The Morgan fingerprint density at radius 1 is 1.89 bits per heavy atom. The maximum Gasteiger partial charge on any atom is 0.297 e. The molecule has 0 N–H and O–H groups in total. The summed E-state index contributed by atoms with van der Waals surface area (Å²) in [6.45, 7) is 3.41. The van der Waals surface area contributed by atoms with Gasteiger partial charge in [-0.3, -0.25) is 4.79 Å². The zero-order valence-corrected chi connectivity index (χ0v) is 8.03. The summed E-state index contributed by atoms with van der Waals surface area (Å²) in [5.74, 6) is -0.258. The highest BCUT2D eigenvalue weighted by Gasteiger charge is 1.99. The van der Waals surface area contributed by atoms with Crippen molar-refractivity contribution in [1.82, 2.24) is 0 Å². The Labute approximate surface area is 62.4 Å². The van der Waals surface area contributed by atoms with Crippen LogP contribution in [0.15, 0.2) is 12.7 Å². The summed E-state index contributed by atoms with van der Waals surface area (Å²) in [5, 5.41) is 0. The Bertz CT molecular complexity index is 144. The molecule has 0 aromatic heterocycles. The molecule has 0 fully saturated rings. The van der Waals surface area contributed by atoms with Crippen LogP contribution in [0.2, 0.25) is 0 Å². The van der Waals surface area contributed by atoms with E-state index >= 15 is 0 Å². The topological polar surface area (TPSA) is 26.3 Å². The van der Waals surface area contributed by atoms with E-state index in [1.807, 2.05) is 0 Å². The van der Waals surface area contributed by atoms with Gasteiger partial charge >= 0.3 is 0 Å². The van der Waals surface area contributed by atoms with Crippen LogP contribution in [-0.2, 0) is 9.22 Å². The standard InChI is InChI=1S/C5H8O2SSi/c1-2-4(8)3-5(6)7-9/h2H,1,3H2,9H3. The third-order valence-electron chi connectivity index (χ3n) is 0.774. The van der Waals surface area contributed by atoms with Crippen LogP contribution in [0.4, 0.5) is 0 Å². The minimum atomic E-state index is -0.258. The van der Waals surface area contributed by atoms with Gasteiger partial charge < -0.3 is 4.43 Å². The fourth-order valence-corrected chi connectivity index (χ4v) is 0.549. The molecule has 0 saturated heterocycles. The molecule has 0 atom stereocenters. The molecular weight excluding hydrogens is 152 g/mol. The van der Waals surface area contributed by atoms with Gasteiger partial charge in [-0.15, -0.1) is 0 Å². The highest BCUT2D eigenvalue weighted by atomic mass is 32.1. The Balaban J connectivity index is 3.59. The molecule has 0 aliphatic rings. The van der Waals surface area contributed by atoms with E-state index < -0.39 is 0 Å². The van der Waals surface area contributed by atoms with E-state index in [0.717, 1.165) is 0 Å². The van der Waals surface area contributed by atoms with Crippen LogP contribution in [0.3, 0.4) is 0 Å². The Morgan fingerprint density at radius 2 is 2.44 bits per heavy atom. The number of rotatable bonds is 3. The van der Waals surface area contributed by atoms with Crippen LogP contribution in [0.25, 0.3) is 0 Å². The second-order valence-electron chi connectivity index (χ2n) is 1.42. The highest BCUT2D eigenvalue weighted by molar-refractivity contribution is 7.80. The van der Waals surface area contributed by atoms with Gasteiger partial charge in [-0.1, -0.05) is 24.9 Å². The van der Waals surface area contributed by atoms with Gasteiger partial charge in [0.05, 0.1) is 6.42 Å². The van der Waals surface area contributed by atoms with E-state index in [9.17, 15) is 4.79 Å². The van der Waals surface area contributed by atoms with E-state index in [0.29, 0.717) is 15.4 Å². The lowest BCUT2D eigenvalue weighted by Crippen LogP contribution is -2.05. The first-order valence-electron chi connectivity index (χ1n) is 2.42. The predicted molar refractivity (Wildman–Crippen MR) is 43.4 cm³/mol. The monoisotopic (exact) mass is 160 g/mol. The Morgan fingerprint density at radius 3 is 2.78 bits per heavy atom. The smallest absolute Gasteiger partial charge is 0.297 e. The van der Waals surface area contributed by atoms with Crippen LogP contribution in [0, 0.1) is 0 Å². The zero-order chi connectivity index (χ0) is 7.28. The first-order valence-corrected chi connectivity index (χ1v) is 3.65. The molecule has 0 radical (unpaired) electrons. The van der Waals surface area contributed by atoms with E-state index in [2.05, 4.69) is 11.0 Å². The van der Waals surface area contributed by atoms with Gasteiger partial charge in [0.15, 0.2) is 0 Å². The number of allylic oxidation sites excluding steroid dienone is 1. The molecule has 0 amide bonds. The third-order valence-corrected chi connectivity index (χ3v) is 1.54.